The minimum absolute atomic E-state index is 0.0218. The van der Waals surface area contributed by atoms with Gasteiger partial charge in [0.2, 0.25) is 9.05 Å². The summed E-state index contributed by atoms with van der Waals surface area (Å²) in [6.45, 7) is 2.57. The van der Waals surface area contributed by atoms with Gasteiger partial charge in [0.15, 0.2) is 0 Å². The molecule has 102 valence electrons. The summed E-state index contributed by atoms with van der Waals surface area (Å²) in [5.41, 5.74) is 0. The van der Waals surface area contributed by atoms with Crippen LogP contribution in [0.3, 0.4) is 0 Å². The van der Waals surface area contributed by atoms with E-state index in [1.807, 2.05) is 31.2 Å². The van der Waals surface area contributed by atoms with Gasteiger partial charge in [-0.1, -0.05) is 22.9 Å². The van der Waals surface area contributed by atoms with Crippen LogP contribution in [-0.4, -0.2) is 20.8 Å². The summed E-state index contributed by atoms with van der Waals surface area (Å²) in [5, 5.41) is 0. The van der Waals surface area contributed by atoms with Crippen molar-refractivity contribution in [3.05, 3.63) is 28.7 Å². The SMILES string of the molecule is CC(CCOc1ccc(Br)cc1)CCS(=O)(=O)Cl. The van der Waals surface area contributed by atoms with Gasteiger partial charge in [-0.05, 0) is 43.0 Å². The molecule has 1 aromatic carbocycles. The Labute approximate surface area is 121 Å². The monoisotopic (exact) mass is 354 g/mol. The van der Waals surface area contributed by atoms with Crippen LogP contribution in [0.25, 0.3) is 0 Å². The molecule has 0 saturated heterocycles. The molecule has 0 aliphatic carbocycles. The molecule has 3 nitrogen and oxygen atoms in total. The van der Waals surface area contributed by atoms with Gasteiger partial charge in [0, 0.05) is 15.2 Å². The lowest BCUT2D eigenvalue weighted by Crippen LogP contribution is -2.08. The molecular formula is C12H16BrClO3S. The van der Waals surface area contributed by atoms with Crippen molar-refractivity contribution < 1.29 is 13.2 Å². The van der Waals surface area contributed by atoms with Crippen LogP contribution in [0.4, 0.5) is 0 Å². The van der Waals surface area contributed by atoms with Crippen molar-refractivity contribution >= 4 is 35.7 Å². The molecule has 0 fully saturated rings. The normalized spacial score (nSPS) is 13.3. The third-order valence-electron chi connectivity index (χ3n) is 2.55. The van der Waals surface area contributed by atoms with E-state index in [-0.39, 0.29) is 11.7 Å². The van der Waals surface area contributed by atoms with Crippen molar-refractivity contribution in [1.29, 1.82) is 0 Å². The zero-order chi connectivity index (χ0) is 13.6. The molecule has 0 spiro atoms. The van der Waals surface area contributed by atoms with Crippen LogP contribution < -0.4 is 4.74 Å². The maximum Gasteiger partial charge on any atom is 0.232 e. The summed E-state index contributed by atoms with van der Waals surface area (Å²) in [4.78, 5) is 0. The smallest absolute Gasteiger partial charge is 0.232 e. The quantitative estimate of drug-likeness (QED) is 0.698. The Kier molecular flexibility index (Phi) is 6.46. The summed E-state index contributed by atoms with van der Waals surface area (Å²) in [6.07, 6.45) is 1.37. The highest BCUT2D eigenvalue weighted by Gasteiger charge is 2.09. The maximum absolute atomic E-state index is 10.8. The van der Waals surface area contributed by atoms with Gasteiger partial charge in [0.1, 0.15) is 5.75 Å². The molecular weight excluding hydrogens is 340 g/mol. The predicted molar refractivity (Wildman–Crippen MR) is 77.7 cm³/mol. The molecule has 0 aliphatic rings. The molecule has 6 heteroatoms. The minimum atomic E-state index is -3.37. The lowest BCUT2D eigenvalue weighted by molar-refractivity contribution is 0.282. The Hall–Kier alpha value is -0.260. The van der Waals surface area contributed by atoms with Crippen LogP contribution in [0, 0.1) is 5.92 Å². The van der Waals surface area contributed by atoms with Gasteiger partial charge in [0.05, 0.1) is 12.4 Å². The Morgan fingerprint density at radius 3 is 2.44 bits per heavy atom. The van der Waals surface area contributed by atoms with E-state index in [4.69, 9.17) is 15.4 Å². The average molecular weight is 356 g/mol. The number of halogens is 2. The van der Waals surface area contributed by atoms with Crippen LogP contribution >= 0.6 is 26.6 Å². The van der Waals surface area contributed by atoms with Gasteiger partial charge < -0.3 is 4.74 Å². The lowest BCUT2D eigenvalue weighted by Gasteiger charge is -2.11. The van der Waals surface area contributed by atoms with Crippen molar-refractivity contribution in [2.24, 2.45) is 5.92 Å². The second-order valence-electron chi connectivity index (χ2n) is 4.23. The van der Waals surface area contributed by atoms with Crippen molar-refractivity contribution in [3.8, 4) is 5.75 Å². The first kappa shape index (κ1) is 15.8. The molecule has 0 amide bonds. The number of rotatable bonds is 7. The van der Waals surface area contributed by atoms with Crippen LogP contribution in [0.1, 0.15) is 19.8 Å². The van der Waals surface area contributed by atoms with E-state index in [1.54, 1.807) is 0 Å². The molecule has 1 atom stereocenters. The first-order valence-electron chi connectivity index (χ1n) is 5.67. The van der Waals surface area contributed by atoms with E-state index in [1.165, 1.54) is 0 Å². The van der Waals surface area contributed by atoms with Crippen LogP contribution in [-0.2, 0) is 9.05 Å². The Morgan fingerprint density at radius 2 is 1.89 bits per heavy atom. The van der Waals surface area contributed by atoms with Crippen molar-refractivity contribution in [1.82, 2.24) is 0 Å². The summed E-state index contributed by atoms with van der Waals surface area (Å²) in [5.74, 6) is 1.11. The third kappa shape index (κ3) is 7.24. The van der Waals surface area contributed by atoms with Gasteiger partial charge in [0.25, 0.3) is 0 Å². The van der Waals surface area contributed by atoms with E-state index < -0.39 is 9.05 Å². The maximum atomic E-state index is 10.8. The average Bonchev–Trinajstić information content (AvgIpc) is 2.28. The number of benzene rings is 1. The molecule has 0 N–H and O–H groups in total. The van der Waals surface area contributed by atoms with E-state index in [9.17, 15) is 8.42 Å². The molecule has 0 heterocycles. The molecule has 0 bridgehead atoms. The predicted octanol–water partition coefficient (Wildman–Crippen LogP) is 3.81. The minimum Gasteiger partial charge on any atom is -0.494 e. The van der Waals surface area contributed by atoms with Crippen LogP contribution in [0.2, 0.25) is 0 Å². The summed E-state index contributed by atoms with van der Waals surface area (Å²) in [7, 11) is 1.78. The molecule has 0 radical (unpaired) electrons. The number of hydrogen-bond acceptors (Lipinski definition) is 3. The van der Waals surface area contributed by atoms with Gasteiger partial charge in [-0.25, -0.2) is 8.42 Å². The third-order valence-corrected chi connectivity index (χ3v) is 4.26. The highest BCUT2D eigenvalue weighted by Crippen LogP contribution is 2.17. The van der Waals surface area contributed by atoms with E-state index in [0.29, 0.717) is 13.0 Å². The molecule has 0 saturated carbocycles. The molecule has 0 aliphatic heterocycles. The van der Waals surface area contributed by atoms with Gasteiger partial charge in [-0.2, -0.15) is 0 Å². The highest BCUT2D eigenvalue weighted by molar-refractivity contribution is 9.10. The first-order chi connectivity index (χ1) is 8.37. The molecule has 18 heavy (non-hydrogen) atoms. The van der Waals surface area contributed by atoms with Crippen molar-refractivity contribution in [2.75, 3.05) is 12.4 Å². The number of ether oxygens (including phenoxy) is 1. The second kappa shape index (κ2) is 7.36. The Morgan fingerprint density at radius 1 is 1.28 bits per heavy atom. The fraction of sp³-hybridized carbons (Fsp3) is 0.500. The van der Waals surface area contributed by atoms with Crippen molar-refractivity contribution in [3.63, 3.8) is 0 Å². The largest absolute Gasteiger partial charge is 0.494 e. The fourth-order valence-electron chi connectivity index (χ4n) is 1.40. The molecule has 0 aromatic heterocycles. The van der Waals surface area contributed by atoms with Gasteiger partial charge in [-0.3, -0.25) is 0 Å². The van der Waals surface area contributed by atoms with Crippen molar-refractivity contribution in [2.45, 2.75) is 19.8 Å². The Bertz CT molecular complexity index is 459. The Balaban J connectivity index is 2.23. The van der Waals surface area contributed by atoms with Crippen LogP contribution in [0.15, 0.2) is 28.7 Å². The van der Waals surface area contributed by atoms with E-state index >= 15 is 0 Å². The fourth-order valence-corrected chi connectivity index (χ4v) is 2.61. The first-order valence-corrected chi connectivity index (χ1v) is 8.94. The zero-order valence-corrected chi connectivity index (χ0v) is 13.3. The molecule has 1 unspecified atom stereocenters. The van der Waals surface area contributed by atoms with E-state index in [0.717, 1.165) is 16.6 Å². The summed E-state index contributed by atoms with van der Waals surface area (Å²) >= 11 is 3.35. The highest BCUT2D eigenvalue weighted by atomic mass is 79.9. The van der Waals surface area contributed by atoms with Crippen LogP contribution in [0.5, 0.6) is 5.75 Å². The summed E-state index contributed by atoms with van der Waals surface area (Å²) in [6, 6.07) is 7.60. The number of hydrogen-bond donors (Lipinski definition) is 0. The molecule has 1 rings (SSSR count). The zero-order valence-electron chi connectivity index (χ0n) is 10.1. The second-order valence-corrected chi connectivity index (χ2v) is 8.04. The summed E-state index contributed by atoms with van der Waals surface area (Å²) < 4.78 is 28.2. The van der Waals surface area contributed by atoms with Gasteiger partial charge >= 0.3 is 0 Å². The lowest BCUT2D eigenvalue weighted by atomic mass is 10.1. The standard InChI is InChI=1S/C12H16BrClO3S/c1-10(7-9-18(14,15)16)6-8-17-12-4-2-11(13)3-5-12/h2-5,10H,6-9H2,1H3. The van der Waals surface area contributed by atoms with Gasteiger partial charge in [-0.15, -0.1) is 0 Å². The molecule has 1 aromatic rings. The topological polar surface area (TPSA) is 43.4 Å². The van der Waals surface area contributed by atoms with E-state index in [2.05, 4.69) is 15.9 Å².